The summed E-state index contributed by atoms with van der Waals surface area (Å²) in [7, 11) is 1.72. The van der Waals surface area contributed by atoms with Crippen LogP contribution in [0.4, 0.5) is 0 Å². The van der Waals surface area contributed by atoms with Crippen molar-refractivity contribution in [2.24, 2.45) is 0 Å². The van der Waals surface area contributed by atoms with Gasteiger partial charge in [0.15, 0.2) is 0 Å². The summed E-state index contributed by atoms with van der Waals surface area (Å²) in [6, 6.07) is 0.184. The lowest BCUT2D eigenvalue weighted by molar-refractivity contribution is -0.142. The van der Waals surface area contributed by atoms with E-state index < -0.39 is 0 Å². The van der Waals surface area contributed by atoms with Gasteiger partial charge >= 0.3 is 0 Å². The fourth-order valence-corrected chi connectivity index (χ4v) is 3.68. The van der Waals surface area contributed by atoms with Crippen LogP contribution in [0.5, 0.6) is 0 Å². The summed E-state index contributed by atoms with van der Waals surface area (Å²) in [4.78, 5) is 26.2. The molecule has 0 aromatic heterocycles. The third-order valence-electron chi connectivity index (χ3n) is 4.99. The van der Waals surface area contributed by atoms with Crippen LogP contribution in [0.1, 0.15) is 51.4 Å². The van der Waals surface area contributed by atoms with Gasteiger partial charge in [0.05, 0.1) is 18.6 Å². The number of hydrogen-bond donors (Lipinski definition) is 1. The van der Waals surface area contributed by atoms with E-state index in [1.807, 2.05) is 0 Å². The molecule has 1 atom stereocenters. The second-order valence-corrected chi connectivity index (χ2v) is 6.34. The average Bonchev–Trinajstić information content (AvgIpc) is 2.69. The highest BCUT2D eigenvalue weighted by Crippen LogP contribution is 2.29. The molecule has 0 spiro atoms. The van der Waals surface area contributed by atoms with Crippen molar-refractivity contribution in [1.82, 2.24) is 10.2 Å². The number of carbonyl (C=O) groups excluding carboxylic acids is 2. The molecular weight excluding hydrogens is 256 g/mol. The molecular formula is C15H24N2O3. The number of carbonyl (C=O) groups is 2. The minimum atomic E-state index is -0.299. The number of nitrogens with one attached hydrogen (secondary N) is 1. The molecule has 0 aromatic carbocycles. The number of amides is 2. The van der Waals surface area contributed by atoms with Gasteiger partial charge < -0.3 is 10.1 Å². The second kappa shape index (κ2) is 5.82. The van der Waals surface area contributed by atoms with E-state index >= 15 is 0 Å². The Bertz CT molecular complexity index is 387. The van der Waals surface area contributed by atoms with Crippen molar-refractivity contribution in [3.05, 3.63) is 0 Å². The maximum atomic E-state index is 12.5. The van der Waals surface area contributed by atoms with Crippen molar-refractivity contribution in [2.75, 3.05) is 7.11 Å². The lowest BCUT2D eigenvalue weighted by atomic mass is 9.88. The summed E-state index contributed by atoms with van der Waals surface area (Å²) in [5, 5.41) is 3.34. The van der Waals surface area contributed by atoms with Crippen LogP contribution in [0, 0.1) is 0 Å². The minimum absolute atomic E-state index is 0.00256. The first-order valence-corrected chi connectivity index (χ1v) is 7.83. The maximum Gasteiger partial charge on any atom is 0.247 e. The Labute approximate surface area is 120 Å². The number of ether oxygens (including phenoxy) is 1. The van der Waals surface area contributed by atoms with Gasteiger partial charge in [-0.1, -0.05) is 19.3 Å². The summed E-state index contributed by atoms with van der Waals surface area (Å²) >= 11 is 0. The van der Waals surface area contributed by atoms with E-state index in [0.717, 1.165) is 38.5 Å². The molecule has 1 heterocycles. The first-order chi connectivity index (χ1) is 9.69. The second-order valence-electron chi connectivity index (χ2n) is 6.34. The van der Waals surface area contributed by atoms with Gasteiger partial charge in [-0.2, -0.15) is 0 Å². The Kier molecular flexibility index (Phi) is 4.08. The Morgan fingerprint density at radius 1 is 1.15 bits per heavy atom. The van der Waals surface area contributed by atoms with E-state index in [-0.39, 0.29) is 23.9 Å². The lowest BCUT2D eigenvalue weighted by Gasteiger charge is -2.36. The normalized spacial score (nSPS) is 35.5. The van der Waals surface area contributed by atoms with Gasteiger partial charge in [0, 0.05) is 19.2 Å². The van der Waals surface area contributed by atoms with Crippen LogP contribution in [0.25, 0.3) is 0 Å². The summed E-state index contributed by atoms with van der Waals surface area (Å²) in [5.74, 6) is 0.0183. The summed E-state index contributed by atoms with van der Waals surface area (Å²) in [6.45, 7) is 0. The Hall–Kier alpha value is -0.940. The summed E-state index contributed by atoms with van der Waals surface area (Å²) in [5.41, 5.74) is 0. The number of hydrogen-bond acceptors (Lipinski definition) is 4. The summed E-state index contributed by atoms with van der Waals surface area (Å²) < 4.78 is 5.24. The molecule has 1 aliphatic heterocycles. The van der Waals surface area contributed by atoms with Crippen molar-refractivity contribution in [2.45, 2.75) is 75.6 Å². The zero-order chi connectivity index (χ0) is 14.1. The van der Waals surface area contributed by atoms with Crippen molar-refractivity contribution >= 4 is 11.8 Å². The third kappa shape index (κ3) is 2.61. The fourth-order valence-electron chi connectivity index (χ4n) is 3.68. The minimum Gasteiger partial charge on any atom is -0.381 e. The molecule has 0 radical (unpaired) electrons. The van der Waals surface area contributed by atoms with Gasteiger partial charge in [0.1, 0.15) is 0 Å². The predicted octanol–water partition coefficient (Wildman–Crippen LogP) is 1.21. The van der Waals surface area contributed by atoms with E-state index in [1.165, 1.54) is 6.42 Å². The van der Waals surface area contributed by atoms with Crippen molar-refractivity contribution in [3.63, 3.8) is 0 Å². The maximum absolute atomic E-state index is 12.5. The van der Waals surface area contributed by atoms with Gasteiger partial charge in [0.25, 0.3) is 0 Å². The molecule has 3 rings (SSSR count). The van der Waals surface area contributed by atoms with Gasteiger partial charge in [0.2, 0.25) is 11.8 Å². The molecule has 20 heavy (non-hydrogen) atoms. The molecule has 0 aromatic rings. The van der Waals surface area contributed by atoms with E-state index in [0.29, 0.717) is 18.6 Å². The van der Waals surface area contributed by atoms with Gasteiger partial charge in [-0.15, -0.1) is 0 Å². The van der Waals surface area contributed by atoms with E-state index in [4.69, 9.17) is 4.74 Å². The Morgan fingerprint density at radius 2 is 1.85 bits per heavy atom. The largest absolute Gasteiger partial charge is 0.381 e. The topological polar surface area (TPSA) is 58.6 Å². The van der Waals surface area contributed by atoms with Crippen LogP contribution < -0.4 is 5.32 Å². The monoisotopic (exact) mass is 280 g/mol. The highest BCUT2D eigenvalue weighted by molar-refractivity contribution is 6.05. The fraction of sp³-hybridized carbons (Fsp3) is 0.867. The van der Waals surface area contributed by atoms with Gasteiger partial charge in [-0.25, -0.2) is 0 Å². The molecule has 112 valence electrons. The molecule has 1 unspecified atom stereocenters. The molecule has 2 amide bonds. The van der Waals surface area contributed by atoms with E-state index in [1.54, 1.807) is 12.0 Å². The highest BCUT2D eigenvalue weighted by Gasteiger charge is 2.44. The number of methoxy groups -OCH3 is 1. The first kappa shape index (κ1) is 14.0. The molecule has 2 saturated carbocycles. The summed E-state index contributed by atoms with van der Waals surface area (Å²) in [6.07, 6.45) is 8.01. The zero-order valence-corrected chi connectivity index (χ0v) is 12.1. The van der Waals surface area contributed by atoms with Crippen LogP contribution in [0.15, 0.2) is 0 Å². The zero-order valence-electron chi connectivity index (χ0n) is 12.1. The first-order valence-electron chi connectivity index (χ1n) is 7.83. The highest BCUT2D eigenvalue weighted by atomic mass is 16.5. The average molecular weight is 280 g/mol. The van der Waals surface area contributed by atoms with Gasteiger partial charge in [-0.05, 0) is 25.7 Å². The van der Waals surface area contributed by atoms with Crippen LogP contribution in [-0.2, 0) is 14.3 Å². The van der Waals surface area contributed by atoms with E-state index in [2.05, 4.69) is 5.32 Å². The Morgan fingerprint density at radius 3 is 2.50 bits per heavy atom. The molecule has 5 nitrogen and oxygen atoms in total. The molecule has 2 aliphatic carbocycles. The van der Waals surface area contributed by atoms with Crippen LogP contribution in [0.2, 0.25) is 0 Å². The number of imide groups is 1. The molecule has 1 N–H and O–H groups in total. The van der Waals surface area contributed by atoms with Crippen LogP contribution >= 0.6 is 0 Å². The third-order valence-corrected chi connectivity index (χ3v) is 4.99. The lowest BCUT2D eigenvalue weighted by Crippen LogP contribution is -2.52. The van der Waals surface area contributed by atoms with Crippen LogP contribution in [-0.4, -0.2) is 48.1 Å². The quantitative estimate of drug-likeness (QED) is 0.787. The van der Waals surface area contributed by atoms with Crippen molar-refractivity contribution in [3.8, 4) is 0 Å². The number of likely N-dealkylation sites (tertiary alicyclic amines) is 1. The van der Waals surface area contributed by atoms with Crippen molar-refractivity contribution in [1.29, 1.82) is 0 Å². The van der Waals surface area contributed by atoms with Crippen molar-refractivity contribution < 1.29 is 14.3 Å². The standard InChI is InChI=1S/C15H24N2O3/c1-20-12-7-10(8-12)16-13-9-14(18)17(15(13)19)11-5-3-2-4-6-11/h10-13,16H,2-9H2,1H3. The predicted molar refractivity (Wildman–Crippen MR) is 74.1 cm³/mol. The number of rotatable bonds is 4. The molecule has 3 fully saturated rings. The smallest absolute Gasteiger partial charge is 0.247 e. The Balaban J connectivity index is 1.56. The number of nitrogens with zero attached hydrogens (tertiary/aromatic N) is 1. The molecule has 1 saturated heterocycles. The molecule has 0 bridgehead atoms. The molecule has 5 heteroatoms. The molecule has 3 aliphatic rings. The van der Waals surface area contributed by atoms with E-state index in [9.17, 15) is 9.59 Å². The van der Waals surface area contributed by atoms with Crippen LogP contribution in [0.3, 0.4) is 0 Å². The SMILES string of the molecule is COC1CC(NC2CC(=O)N(C3CCCCC3)C2=O)C1. The van der Waals surface area contributed by atoms with Gasteiger partial charge in [-0.3, -0.25) is 14.5 Å².